The van der Waals surface area contributed by atoms with Crippen molar-refractivity contribution in [3.05, 3.63) is 11.1 Å². The third kappa shape index (κ3) is 3.39. The molecule has 130 valence electrons. The number of allylic oxidation sites excluding steroid dienone is 2. The van der Waals surface area contributed by atoms with Gasteiger partial charge in [0.2, 0.25) is 0 Å². The van der Waals surface area contributed by atoms with Gasteiger partial charge in [0.15, 0.2) is 5.78 Å². The van der Waals surface area contributed by atoms with Gasteiger partial charge in [-0.1, -0.05) is 12.5 Å². The second-order valence-electron chi connectivity index (χ2n) is 8.98. The molecule has 0 heterocycles. The molecule has 2 saturated carbocycles. The van der Waals surface area contributed by atoms with Crippen molar-refractivity contribution < 1.29 is 14.3 Å². The van der Waals surface area contributed by atoms with Crippen LogP contribution in [0.3, 0.4) is 0 Å². The summed E-state index contributed by atoms with van der Waals surface area (Å²) in [5.74, 6) is 0.655. The Morgan fingerprint density at radius 2 is 1.83 bits per heavy atom. The normalized spacial score (nSPS) is 34.8. The molecular weight excluding hydrogens is 288 g/mol. The summed E-state index contributed by atoms with van der Waals surface area (Å²) in [5.41, 5.74) is 1.02. The summed E-state index contributed by atoms with van der Waals surface area (Å²) in [4.78, 5) is 25.5. The van der Waals surface area contributed by atoms with E-state index in [2.05, 4.69) is 6.92 Å². The summed E-state index contributed by atoms with van der Waals surface area (Å²) >= 11 is 0. The Morgan fingerprint density at radius 3 is 2.35 bits per heavy atom. The minimum absolute atomic E-state index is 0.000156. The number of fused-ring (bicyclic) bond motifs is 1. The van der Waals surface area contributed by atoms with Crippen molar-refractivity contribution in [1.82, 2.24) is 0 Å². The van der Waals surface area contributed by atoms with Gasteiger partial charge in [0.25, 0.3) is 0 Å². The molecule has 0 aromatic rings. The van der Waals surface area contributed by atoms with E-state index in [1.54, 1.807) is 0 Å². The van der Waals surface area contributed by atoms with Crippen LogP contribution in [0.4, 0.5) is 0 Å². The molecule has 0 aromatic heterocycles. The van der Waals surface area contributed by atoms with Crippen LogP contribution >= 0.6 is 0 Å². The molecule has 0 unspecified atom stereocenters. The molecule has 2 aliphatic rings. The summed E-state index contributed by atoms with van der Waals surface area (Å²) in [5, 5.41) is 0. The van der Waals surface area contributed by atoms with Crippen molar-refractivity contribution in [2.24, 2.45) is 23.2 Å². The predicted octanol–water partition coefficient (Wildman–Crippen LogP) is 4.70. The zero-order valence-electron chi connectivity index (χ0n) is 15.8. The lowest BCUT2D eigenvalue weighted by atomic mass is 9.77. The van der Waals surface area contributed by atoms with Crippen LogP contribution in [0, 0.1) is 23.2 Å². The van der Waals surface area contributed by atoms with Crippen LogP contribution in [-0.4, -0.2) is 17.4 Å². The van der Waals surface area contributed by atoms with E-state index < -0.39 is 11.0 Å². The summed E-state index contributed by atoms with van der Waals surface area (Å²) in [6.07, 6.45) is 3.48. The molecule has 0 saturated heterocycles. The molecule has 2 fully saturated rings. The molecule has 3 heteroatoms. The number of hydrogen-bond acceptors (Lipinski definition) is 3. The van der Waals surface area contributed by atoms with E-state index in [1.165, 1.54) is 0 Å². The van der Waals surface area contributed by atoms with E-state index in [1.807, 2.05) is 41.5 Å². The van der Waals surface area contributed by atoms with Crippen molar-refractivity contribution in [3.8, 4) is 0 Å². The Bertz CT molecular complexity index is 534. The summed E-state index contributed by atoms with van der Waals surface area (Å²) in [7, 11) is 0. The van der Waals surface area contributed by atoms with Gasteiger partial charge < -0.3 is 4.74 Å². The van der Waals surface area contributed by atoms with Gasteiger partial charge in [0, 0.05) is 11.8 Å². The van der Waals surface area contributed by atoms with Crippen LogP contribution < -0.4 is 0 Å². The number of ketones is 1. The second-order valence-corrected chi connectivity index (χ2v) is 8.98. The quantitative estimate of drug-likeness (QED) is 0.520. The van der Waals surface area contributed by atoms with Crippen molar-refractivity contribution in [2.45, 2.75) is 79.8 Å². The first-order valence-electron chi connectivity index (χ1n) is 8.91. The fourth-order valence-electron chi connectivity index (χ4n) is 4.20. The molecule has 0 bridgehead atoms. The Hall–Kier alpha value is -1.12. The summed E-state index contributed by atoms with van der Waals surface area (Å²) in [6.45, 7) is 13.9. The Kier molecular flexibility index (Phi) is 4.81. The van der Waals surface area contributed by atoms with Crippen LogP contribution in [0.1, 0.15) is 74.1 Å². The molecule has 2 rings (SSSR count). The molecule has 0 amide bonds. The van der Waals surface area contributed by atoms with Crippen molar-refractivity contribution in [1.29, 1.82) is 0 Å². The van der Waals surface area contributed by atoms with Crippen LogP contribution in [0.25, 0.3) is 0 Å². The van der Waals surface area contributed by atoms with Crippen LogP contribution in [0.15, 0.2) is 11.1 Å². The lowest BCUT2D eigenvalue weighted by molar-refractivity contribution is -0.176. The van der Waals surface area contributed by atoms with Gasteiger partial charge in [-0.2, -0.15) is 0 Å². The maximum absolute atomic E-state index is 13.1. The van der Waals surface area contributed by atoms with E-state index in [4.69, 9.17) is 4.74 Å². The first kappa shape index (κ1) is 18.2. The van der Waals surface area contributed by atoms with E-state index in [9.17, 15) is 9.59 Å². The largest absolute Gasteiger partial charge is 0.459 e. The highest BCUT2D eigenvalue weighted by Gasteiger charge is 2.53. The number of ether oxygens (including phenoxy) is 1. The van der Waals surface area contributed by atoms with Gasteiger partial charge in [-0.25, -0.2) is 0 Å². The van der Waals surface area contributed by atoms with Crippen LogP contribution in [-0.2, 0) is 14.3 Å². The fourth-order valence-corrected chi connectivity index (χ4v) is 4.20. The molecule has 0 radical (unpaired) electrons. The lowest BCUT2D eigenvalue weighted by Gasteiger charge is -2.38. The Balaban J connectivity index is 2.40. The van der Waals surface area contributed by atoms with E-state index in [0.29, 0.717) is 11.7 Å². The van der Waals surface area contributed by atoms with Gasteiger partial charge in [0.05, 0.1) is 5.41 Å². The highest BCUT2D eigenvalue weighted by Crippen LogP contribution is 2.50. The molecule has 3 nitrogen and oxygen atoms in total. The van der Waals surface area contributed by atoms with Gasteiger partial charge in [-0.3, -0.25) is 9.59 Å². The molecule has 2 aliphatic carbocycles. The second kappa shape index (κ2) is 6.07. The lowest BCUT2D eigenvalue weighted by Crippen LogP contribution is -2.44. The maximum Gasteiger partial charge on any atom is 0.311 e. The first-order valence-corrected chi connectivity index (χ1v) is 8.91. The number of carbonyl (C=O) groups excluding carboxylic acids is 2. The van der Waals surface area contributed by atoms with Gasteiger partial charge in [-0.15, -0.1) is 0 Å². The third-order valence-electron chi connectivity index (χ3n) is 5.78. The topological polar surface area (TPSA) is 43.4 Å². The molecule has 0 N–H and O–H groups in total. The van der Waals surface area contributed by atoms with Crippen molar-refractivity contribution in [3.63, 3.8) is 0 Å². The zero-order valence-corrected chi connectivity index (χ0v) is 15.8. The first-order chi connectivity index (χ1) is 10.5. The third-order valence-corrected chi connectivity index (χ3v) is 5.78. The zero-order chi connectivity index (χ0) is 17.6. The summed E-state index contributed by atoms with van der Waals surface area (Å²) in [6, 6.07) is 0. The number of Topliss-reactive ketones (excluding diaryl/α,β-unsaturated/α-hetero) is 1. The number of rotatable bonds is 1. The van der Waals surface area contributed by atoms with E-state index >= 15 is 0 Å². The maximum atomic E-state index is 13.1. The minimum atomic E-state index is -0.535. The average Bonchev–Trinajstić information content (AvgIpc) is 2.74. The van der Waals surface area contributed by atoms with Gasteiger partial charge in [-0.05, 0) is 78.7 Å². The monoisotopic (exact) mass is 320 g/mol. The predicted molar refractivity (Wildman–Crippen MR) is 91.9 cm³/mol. The number of carbonyl (C=O) groups is 2. The molecule has 0 aromatic carbocycles. The highest BCUT2D eigenvalue weighted by atomic mass is 16.6. The van der Waals surface area contributed by atoms with Crippen molar-refractivity contribution in [2.75, 3.05) is 0 Å². The van der Waals surface area contributed by atoms with Crippen molar-refractivity contribution >= 4 is 11.8 Å². The Morgan fingerprint density at radius 1 is 1.22 bits per heavy atom. The molecule has 0 aliphatic heterocycles. The highest BCUT2D eigenvalue weighted by molar-refractivity contribution is 5.98. The standard InChI is InChI=1S/C20H32O3/c1-12(2)14-10-11-20(7,23-18(22)19(4,5)6)15-9-8-13(3)16(15)17(14)21/h13,15-16H,8-11H2,1-7H3/t13-,15-,16-,20-/m1/s1. The fraction of sp³-hybridized carbons (Fsp3) is 0.800. The molecule has 4 atom stereocenters. The average molecular weight is 320 g/mol. The van der Waals surface area contributed by atoms with Gasteiger partial charge in [0.1, 0.15) is 5.60 Å². The minimum Gasteiger partial charge on any atom is -0.459 e. The Labute approximate surface area is 140 Å². The van der Waals surface area contributed by atoms with Crippen LogP contribution in [0.5, 0.6) is 0 Å². The molecule has 0 spiro atoms. The molecular formula is C20H32O3. The van der Waals surface area contributed by atoms with E-state index in [0.717, 1.165) is 36.8 Å². The number of hydrogen-bond donors (Lipinski definition) is 0. The number of esters is 1. The smallest absolute Gasteiger partial charge is 0.311 e. The van der Waals surface area contributed by atoms with Crippen LogP contribution in [0.2, 0.25) is 0 Å². The molecule has 23 heavy (non-hydrogen) atoms. The summed E-state index contributed by atoms with van der Waals surface area (Å²) < 4.78 is 6.05. The van der Waals surface area contributed by atoms with Gasteiger partial charge >= 0.3 is 5.97 Å². The van der Waals surface area contributed by atoms with E-state index in [-0.39, 0.29) is 17.8 Å². The SMILES string of the molecule is CC(C)=C1CC[C@@](C)(OC(=O)C(C)(C)C)[C@@H]2CC[C@@H](C)[C@H]2C1=O.